The second-order valence-electron chi connectivity index (χ2n) is 5.68. The zero-order valence-corrected chi connectivity index (χ0v) is 13.8. The van der Waals surface area contributed by atoms with Crippen LogP contribution < -0.4 is 4.74 Å². The van der Waals surface area contributed by atoms with E-state index in [9.17, 15) is 13.2 Å². The largest absolute Gasteiger partial charge is 0.484 e. The van der Waals surface area contributed by atoms with Crippen LogP contribution in [-0.4, -0.2) is 45.2 Å². The van der Waals surface area contributed by atoms with E-state index in [0.29, 0.717) is 5.75 Å². The van der Waals surface area contributed by atoms with Gasteiger partial charge in [-0.1, -0.05) is 25.3 Å². The molecule has 1 amide bonds. The summed E-state index contributed by atoms with van der Waals surface area (Å²) in [5.74, 6) is 0.370. The van der Waals surface area contributed by atoms with Crippen molar-refractivity contribution >= 4 is 15.7 Å². The number of likely N-dealkylation sites (tertiary alicyclic amines) is 1. The van der Waals surface area contributed by atoms with Crippen molar-refractivity contribution in [3.05, 3.63) is 24.3 Å². The van der Waals surface area contributed by atoms with Gasteiger partial charge >= 0.3 is 0 Å². The number of carbonyl (C=O) groups excluding carboxylic acids is 1. The topological polar surface area (TPSA) is 63.7 Å². The summed E-state index contributed by atoms with van der Waals surface area (Å²) in [4.78, 5) is 14.2. The molecule has 0 saturated carbocycles. The summed E-state index contributed by atoms with van der Waals surface area (Å²) in [5.41, 5.74) is 0. The minimum absolute atomic E-state index is 0.0355. The molecule has 1 saturated heterocycles. The van der Waals surface area contributed by atoms with Crippen molar-refractivity contribution in [2.24, 2.45) is 0 Å². The van der Waals surface area contributed by atoms with Crippen molar-refractivity contribution in [1.82, 2.24) is 4.90 Å². The molecule has 6 heteroatoms. The standard InChI is InChI=1S/C16H23NO4S/c1-22(19,20)15-9-7-8-14(12-15)21-13-16(18)17-10-5-3-2-4-6-11-17/h7-9,12H,2-6,10-11,13H2,1H3. The van der Waals surface area contributed by atoms with Gasteiger partial charge in [0.1, 0.15) is 5.75 Å². The summed E-state index contributed by atoms with van der Waals surface area (Å²) >= 11 is 0. The zero-order chi connectivity index (χ0) is 16.0. The number of ether oxygens (including phenoxy) is 1. The molecule has 1 aromatic carbocycles. The lowest BCUT2D eigenvalue weighted by atomic mass is 10.1. The Bertz CT molecular complexity index is 604. The molecule has 0 atom stereocenters. The highest BCUT2D eigenvalue weighted by atomic mass is 32.2. The van der Waals surface area contributed by atoms with E-state index in [-0.39, 0.29) is 17.4 Å². The van der Waals surface area contributed by atoms with Crippen molar-refractivity contribution in [3.8, 4) is 5.75 Å². The Balaban J connectivity index is 1.93. The lowest BCUT2D eigenvalue weighted by molar-refractivity contribution is -0.133. The Morgan fingerprint density at radius 2 is 1.77 bits per heavy atom. The van der Waals surface area contributed by atoms with Crippen molar-refractivity contribution in [3.63, 3.8) is 0 Å². The first-order valence-corrected chi connectivity index (χ1v) is 9.57. The molecule has 0 N–H and O–H groups in total. The van der Waals surface area contributed by atoms with E-state index in [1.165, 1.54) is 31.4 Å². The van der Waals surface area contributed by atoms with Crippen molar-refractivity contribution < 1.29 is 17.9 Å². The quantitative estimate of drug-likeness (QED) is 0.852. The predicted octanol–water partition coefficient (Wildman–Crippen LogP) is 2.26. The maximum atomic E-state index is 12.2. The molecule has 0 bridgehead atoms. The van der Waals surface area contributed by atoms with E-state index in [1.54, 1.807) is 12.1 Å². The third kappa shape index (κ3) is 5.02. The number of sulfone groups is 1. The first-order valence-electron chi connectivity index (χ1n) is 7.67. The number of amides is 1. The first-order chi connectivity index (χ1) is 10.5. The van der Waals surface area contributed by atoms with Gasteiger partial charge in [0.15, 0.2) is 16.4 Å². The van der Waals surface area contributed by atoms with Gasteiger partial charge in [-0.3, -0.25) is 4.79 Å². The summed E-state index contributed by atoms with van der Waals surface area (Å²) in [7, 11) is -3.27. The fourth-order valence-corrected chi connectivity index (χ4v) is 3.18. The smallest absolute Gasteiger partial charge is 0.260 e. The molecule has 0 aliphatic carbocycles. The Kier molecular flexibility index (Phi) is 5.83. The van der Waals surface area contributed by atoms with Crippen molar-refractivity contribution in [2.75, 3.05) is 26.0 Å². The highest BCUT2D eigenvalue weighted by Gasteiger charge is 2.15. The third-order valence-corrected chi connectivity index (χ3v) is 4.91. The minimum Gasteiger partial charge on any atom is -0.484 e. The van der Waals surface area contributed by atoms with Gasteiger partial charge in [0.05, 0.1) is 4.90 Å². The fraction of sp³-hybridized carbons (Fsp3) is 0.562. The van der Waals surface area contributed by atoms with Crippen LogP contribution in [0.5, 0.6) is 5.75 Å². The van der Waals surface area contributed by atoms with Gasteiger partial charge < -0.3 is 9.64 Å². The second kappa shape index (κ2) is 7.63. The molecule has 1 fully saturated rings. The summed E-state index contributed by atoms with van der Waals surface area (Å²) in [6.07, 6.45) is 6.81. The number of hydrogen-bond donors (Lipinski definition) is 0. The summed E-state index contributed by atoms with van der Waals surface area (Å²) in [6, 6.07) is 6.25. The van der Waals surface area contributed by atoms with Gasteiger partial charge in [-0.05, 0) is 31.0 Å². The van der Waals surface area contributed by atoms with Crippen LogP contribution in [0.2, 0.25) is 0 Å². The molecule has 122 valence electrons. The average Bonchev–Trinajstić information content (AvgIpc) is 2.44. The molecule has 1 aromatic rings. The molecular weight excluding hydrogens is 302 g/mol. The highest BCUT2D eigenvalue weighted by Crippen LogP contribution is 2.17. The number of benzene rings is 1. The molecule has 1 aliphatic heterocycles. The van der Waals surface area contributed by atoms with Gasteiger partial charge in [-0.25, -0.2) is 8.42 Å². The van der Waals surface area contributed by atoms with Crippen LogP contribution in [0.3, 0.4) is 0 Å². The number of nitrogens with zero attached hydrogens (tertiary/aromatic N) is 1. The van der Waals surface area contributed by atoms with E-state index in [2.05, 4.69) is 0 Å². The van der Waals surface area contributed by atoms with E-state index >= 15 is 0 Å². The van der Waals surface area contributed by atoms with Crippen LogP contribution in [0.25, 0.3) is 0 Å². The Hall–Kier alpha value is -1.56. The predicted molar refractivity (Wildman–Crippen MR) is 84.7 cm³/mol. The monoisotopic (exact) mass is 325 g/mol. The number of carbonyl (C=O) groups is 1. The normalized spacial score (nSPS) is 16.7. The third-order valence-electron chi connectivity index (χ3n) is 3.80. The Morgan fingerprint density at radius 1 is 1.14 bits per heavy atom. The zero-order valence-electron chi connectivity index (χ0n) is 13.0. The van der Waals surface area contributed by atoms with Crippen LogP contribution in [0.4, 0.5) is 0 Å². The summed E-state index contributed by atoms with van der Waals surface area (Å²) in [6.45, 7) is 1.52. The Morgan fingerprint density at radius 3 is 2.41 bits per heavy atom. The SMILES string of the molecule is CS(=O)(=O)c1cccc(OCC(=O)N2CCCCCCC2)c1. The number of rotatable bonds is 4. The first kappa shape index (κ1) is 16.8. The average molecular weight is 325 g/mol. The Labute approximate surface area is 132 Å². The van der Waals surface area contributed by atoms with Crippen LogP contribution >= 0.6 is 0 Å². The molecule has 5 nitrogen and oxygen atoms in total. The van der Waals surface area contributed by atoms with Gasteiger partial charge in [-0.15, -0.1) is 0 Å². The molecule has 0 aromatic heterocycles. The highest BCUT2D eigenvalue weighted by molar-refractivity contribution is 7.90. The maximum absolute atomic E-state index is 12.2. The molecule has 0 unspecified atom stereocenters. The van der Waals surface area contributed by atoms with Gasteiger partial charge in [0, 0.05) is 19.3 Å². The maximum Gasteiger partial charge on any atom is 0.260 e. The van der Waals surface area contributed by atoms with Gasteiger partial charge in [0.25, 0.3) is 5.91 Å². The number of hydrogen-bond acceptors (Lipinski definition) is 4. The van der Waals surface area contributed by atoms with Crippen molar-refractivity contribution in [1.29, 1.82) is 0 Å². The van der Waals surface area contributed by atoms with E-state index in [4.69, 9.17) is 4.74 Å². The molecule has 2 rings (SSSR count). The molecule has 1 heterocycles. The summed E-state index contributed by atoms with van der Waals surface area (Å²) in [5, 5.41) is 0. The molecular formula is C16H23NO4S. The van der Waals surface area contributed by atoms with E-state index < -0.39 is 9.84 Å². The molecule has 1 aliphatic rings. The molecule has 0 spiro atoms. The van der Waals surface area contributed by atoms with Crippen LogP contribution in [0, 0.1) is 0 Å². The lowest BCUT2D eigenvalue weighted by Crippen LogP contribution is -2.37. The molecule has 22 heavy (non-hydrogen) atoms. The fourth-order valence-electron chi connectivity index (χ4n) is 2.53. The van der Waals surface area contributed by atoms with Crippen LogP contribution in [0.15, 0.2) is 29.2 Å². The van der Waals surface area contributed by atoms with Crippen LogP contribution in [-0.2, 0) is 14.6 Å². The van der Waals surface area contributed by atoms with Crippen molar-refractivity contribution in [2.45, 2.75) is 37.0 Å². The van der Waals surface area contributed by atoms with Crippen LogP contribution in [0.1, 0.15) is 32.1 Å². The van der Waals surface area contributed by atoms with E-state index in [1.807, 2.05) is 4.90 Å². The molecule has 0 radical (unpaired) electrons. The van der Waals surface area contributed by atoms with E-state index in [0.717, 1.165) is 32.2 Å². The van der Waals surface area contributed by atoms with Gasteiger partial charge in [-0.2, -0.15) is 0 Å². The van der Waals surface area contributed by atoms with Gasteiger partial charge in [0.2, 0.25) is 0 Å². The minimum atomic E-state index is -3.27. The second-order valence-corrected chi connectivity index (χ2v) is 7.70. The lowest BCUT2D eigenvalue weighted by Gasteiger charge is -2.24. The summed E-state index contributed by atoms with van der Waals surface area (Å²) < 4.78 is 28.5.